The molecule has 0 aliphatic heterocycles. The molecule has 66 valence electrons. The quantitative estimate of drug-likeness (QED) is 0.570. The third kappa shape index (κ3) is 1.30. The number of rotatable bonds is 1. The fourth-order valence-electron chi connectivity index (χ4n) is 0.850. The molecule has 0 N–H and O–H groups in total. The molecule has 5 heteroatoms. The van der Waals surface area contributed by atoms with Crippen molar-refractivity contribution in [3.05, 3.63) is 27.0 Å². The molecule has 0 radical (unpaired) electrons. The van der Waals surface area contributed by atoms with Crippen molar-refractivity contribution in [1.82, 2.24) is 14.3 Å². The highest BCUT2D eigenvalue weighted by Crippen LogP contribution is 1.92. The maximum absolute atomic E-state index is 11.3. The molecule has 0 unspecified atom stereocenters. The van der Waals surface area contributed by atoms with Crippen LogP contribution in [0.15, 0.2) is 15.8 Å². The predicted molar refractivity (Wildman–Crippen MR) is 44.1 cm³/mol. The minimum Gasteiger partial charge on any atom is -0.267 e. The molecule has 0 aromatic carbocycles. The number of aromatic nitrogens is 3. The second kappa shape index (κ2) is 2.92. The molecule has 1 aromatic heterocycles. The van der Waals surface area contributed by atoms with Gasteiger partial charge in [-0.05, 0) is 13.8 Å². The number of hydrogen-bond donors (Lipinski definition) is 0. The van der Waals surface area contributed by atoms with Crippen molar-refractivity contribution in [2.24, 2.45) is 7.05 Å². The molecule has 0 aliphatic carbocycles. The molecule has 0 amide bonds. The third-order valence-electron chi connectivity index (χ3n) is 1.60. The van der Waals surface area contributed by atoms with Crippen LogP contribution >= 0.6 is 0 Å². The van der Waals surface area contributed by atoms with Crippen LogP contribution in [0.2, 0.25) is 0 Å². The highest BCUT2D eigenvalue weighted by molar-refractivity contribution is 4.75. The zero-order valence-corrected chi connectivity index (χ0v) is 7.31. The Labute approximate surface area is 69.3 Å². The van der Waals surface area contributed by atoms with Crippen LogP contribution in [0.1, 0.15) is 19.9 Å². The smallest absolute Gasteiger partial charge is 0.267 e. The van der Waals surface area contributed by atoms with Gasteiger partial charge in [-0.3, -0.25) is 9.36 Å². The molecule has 0 saturated heterocycles. The van der Waals surface area contributed by atoms with Gasteiger partial charge in [0.1, 0.15) is 6.20 Å². The van der Waals surface area contributed by atoms with Gasteiger partial charge in [0.05, 0.1) is 6.04 Å². The summed E-state index contributed by atoms with van der Waals surface area (Å²) in [6.07, 6.45) is 1.14. The summed E-state index contributed by atoms with van der Waals surface area (Å²) in [6, 6.07) is -0.0238. The van der Waals surface area contributed by atoms with E-state index in [0.29, 0.717) is 0 Å². The van der Waals surface area contributed by atoms with Crippen LogP contribution in [0, 0.1) is 0 Å². The molecule has 1 heterocycles. The van der Waals surface area contributed by atoms with Crippen molar-refractivity contribution >= 4 is 0 Å². The Hall–Kier alpha value is -1.39. The average Bonchev–Trinajstić information content (AvgIpc) is 2.00. The number of hydrogen-bond acceptors (Lipinski definition) is 3. The van der Waals surface area contributed by atoms with Crippen molar-refractivity contribution in [3.63, 3.8) is 0 Å². The Morgan fingerprint density at radius 1 is 1.42 bits per heavy atom. The summed E-state index contributed by atoms with van der Waals surface area (Å²) in [4.78, 5) is 22.2. The number of nitrogens with zero attached hydrogens (tertiary/aromatic N) is 3. The van der Waals surface area contributed by atoms with Crippen molar-refractivity contribution in [1.29, 1.82) is 0 Å². The van der Waals surface area contributed by atoms with Gasteiger partial charge >= 0.3 is 5.69 Å². The fraction of sp³-hybridized carbons (Fsp3) is 0.571. The maximum atomic E-state index is 11.3. The van der Waals surface area contributed by atoms with Crippen molar-refractivity contribution < 1.29 is 0 Å². The summed E-state index contributed by atoms with van der Waals surface area (Å²) < 4.78 is 2.30. The summed E-state index contributed by atoms with van der Waals surface area (Å²) in [6.45, 7) is 3.66. The van der Waals surface area contributed by atoms with Gasteiger partial charge < -0.3 is 0 Å². The average molecular weight is 169 g/mol. The van der Waals surface area contributed by atoms with Crippen molar-refractivity contribution in [3.8, 4) is 0 Å². The summed E-state index contributed by atoms with van der Waals surface area (Å²) in [5, 5.41) is 3.71. The highest BCUT2D eigenvalue weighted by Gasteiger charge is 2.04. The Kier molecular flexibility index (Phi) is 2.12. The lowest BCUT2D eigenvalue weighted by Gasteiger charge is -2.07. The van der Waals surface area contributed by atoms with E-state index in [2.05, 4.69) is 5.10 Å². The first kappa shape index (κ1) is 8.70. The van der Waals surface area contributed by atoms with E-state index >= 15 is 0 Å². The minimum atomic E-state index is -0.378. The van der Waals surface area contributed by atoms with Crippen LogP contribution in [0.25, 0.3) is 0 Å². The highest BCUT2D eigenvalue weighted by atomic mass is 16.2. The first-order chi connectivity index (χ1) is 5.54. The second-order valence-corrected chi connectivity index (χ2v) is 2.86. The van der Waals surface area contributed by atoms with Crippen LogP contribution in [0.5, 0.6) is 0 Å². The van der Waals surface area contributed by atoms with Crippen LogP contribution in [0.3, 0.4) is 0 Å². The van der Waals surface area contributed by atoms with E-state index in [9.17, 15) is 9.59 Å². The fourth-order valence-corrected chi connectivity index (χ4v) is 0.850. The first-order valence-electron chi connectivity index (χ1n) is 3.69. The minimum absolute atomic E-state index is 0.0238. The standard InChI is InChI=1S/C7H11N3O2/c1-5(2)10-7(12)9(3)6(11)4-8-10/h4-5H,1-3H3. The molecular weight excluding hydrogens is 158 g/mol. The Morgan fingerprint density at radius 2 is 2.00 bits per heavy atom. The zero-order chi connectivity index (χ0) is 9.30. The SMILES string of the molecule is CC(C)n1ncc(=O)n(C)c1=O. The van der Waals surface area contributed by atoms with E-state index in [1.807, 2.05) is 13.8 Å². The van der Waals surface area contributed by atoms with Gasteiger partial charge in [0.2, 0.25) is 0 Å². The van der Waals surface area contributed by atoms with Gasteiger partial charge in [-0.15, -0.1) is 0 Å². The van der Waals surface area contributed by atoms with Crippen LogP contribution < -0.4 is 11.2 Å². The molecule has 1 rings (SSSR count). The predicted octanol–water partition coefficient (Wildman–Crippen LogP) is -0.477. The van der Waals surface area contributed by atoms with Crippen LogP contribution in [0.4, 0.5) is 0 Å². The van der Waals surface area contributed by atoms with Gasteiger partial charge in [0, 0.05) is 7.05 Å². The second-order valence-electron chi connectivity index (χ2n) is 2.86. The molecule has 1 aromatic rings. The maximum Gasteiger partial charge on any atom is 0.347 e. The third-order valence-corrected chi connectivity index (χ3v) is 1.60. The van der Waals surface area contributed by atoms with E-state index < -0.39 is 0 Å². The molecule has 0 atom stereocenters. The molecular formula is C7H11N3O2. The normalized spacial score (nSPS) is 10.7. The molecule has 5 nitrogen and oxygen atoms in total. The lowest BCUT2D eigenvalue weighted by atomic mass is 10.4. The van der Waals surface area contributed by atoms with Gasteiger partial charge in [0.15, 0.2) is 0 Å². The van der Waals surface area contributed by atoms with Crippen molar-refractivity contribution in [2.45, 2.75) is 19.9 Å². The van der Waals surface area contributed by atoms with E-state index in [1.165, 1.54) is 11.7 Å². The first-order valence-corrected chi connectivity index (χ1v) is 3.69. The monoisotopic (exact) mass is 169 g/mol. The van der Waals surface area contributed by atoms with Gasteiger partial charge in [-0.25, -0.2) is 9.48 Å². The van der Waals surface area contributed by atoms with E-state index in [4.69, 9.17) is 0 Å². The van der Waals surface area contributed by atoms with E-state index in [-0.39, 0.29) is 17.3 Å². The topological polar surface area (TPSA) is 56.9 Å². The van der Waals surface area contributed by atoms with Crippen LogP contribution in [-0.2, 0) is 7.05 Å². The summed E-state index contributed by atoms with van der Waals surface area (Å²) in [5.41, 5.74) is -0.755. The Bertz CT molecular complexity index is 388. The Balaban J connectivity index is 3.48. The lowest BCUT2D eigenvalue weighted by Crippen LogP contribution is -2.39. The van der Waals surface area contributed by atoms with E-state index in [1.54, 1.807) is 0 Å². The lowest BCUT2D eigenvalue weighted by molar-refractivity contribution is 0.462. The molecule has 0 aliphatic rings. The van der Waals surface area contributed by atoms with E-state index in [0.717, 1.165) is 10.8 Å². The zero-order valence-electron chi connectivity index (χ0n) is 7.31. The molecule has 0 bridgehead atoms. The Morgan fingerprint density at radius 3 is 2.50 bits per heavy atom. The molecule has 12 heavy (non-hydrogen) atoms. The molecule has 0 spiro atoms. The molecule has 0 fully saturated rings. The summed E-state index contributed by atoms with van der Waals surface area (Å²) in [7, 11) is 1.44. The summed E-state index contributed by atoms with van der Waals surface area (Å²) in [5.74, 6) is 0. The summed E-state index contributed by atoms with van der Waals surface area (Å²) >= 11 is 0. The van der Waals surface area contributed by atoms with Gasteiger partial charge in [-0.1, -0.05) is 0 Å². The van der Waals surface area contributed by atoms with Crippen LogP contribution in [-0.4, -0.2) is 14.3 Å². The molecule has 0 saturated carbocycles. The van der Waals surface area contributed by atoms with Crippen molar-refractivity contribution in [2.75, 3.05) is 0 Å². The van der Waals surface area contributed by atoms with Gasteiger partial charge in [-0.2, -0.15) is 5.10 Å². The van der Waals surface area contributed by atoms with Gasteiger partial charge in [0.25, 0.3) is 5.56 Å². The largest absolute Gasteiger partial charge is 0.347 e.